The van der Waals surface area contributed by atoms with Crippen molar-refractivity contribution in [1.29, 1.82) is 0 Å². The zero-order chi connectivity index (χ0) is 15.5. The highest BCUT2D eigenvalue weighted by Crippen LogP contribution is 2.11. The van der Waals surface area contributed by atoms with Crippen molar-refractivity contribution < 1.29 is 4.74 Å². The van der Waals surface area contributed by atoms with Crippen LogP contribution in [0, 0.1) is 0 Å². The largest absolute Gasteiger partial charge is 0.376 e. The van der Waals surface area contributed by atoms with Gasteiger partial charge in [-0.05, 0) is 38.3 Å². The molecule has 1 atom stereocenters. The fourth-order valence-electron chi connectivity index (χ4n) is 2.30. The third kappa shape index (κ3) is 6.30. The summed E-state index contributed by atoms with van der Waals surface area (Å²) in [5.41, 5.74) is 0. The number of nitrogens with one attached hydrogen (secondary N) is 3. The second kappa shape index (κ2) is 10.00. The molecule has 1 fully saturated rings. The molecule has 1 saturated heterocycles. The minimum absolute atomic E-state index is 0.293. The zero-order valence-corrected chi connectivity index (χ0v) is 13.3. The van der Waals surface area contributed by atoms with Crippen LogP contribution in [0.2, 0.25) is 0 Å². The van der Waals surface area contributed by atoms with Crippen molar-refractivity contribution in [2.75, 3.05) is 38.1 Å². The van der Waals surface area contributed by atoms with Crippen molar-refractivity contribution in [3.8, 4) is 0 Å². The van der Waals surface area contributed by atoms with Gasteiger partial charge in [0.15, 0.2) is 5.96 Å². The molecular weight excluding hydrogens is 278 g/mol. The summed E-state index contributed by atoms with van der Waals surface area (Å²) in [6.07, 6.45) is 5.37. The van der Waals surface area contributed by atoms with Crippen LogP contribution in [0.4, 0.5) is 5.82 Å². The van der Waals surface area contributed by atoms with Gasteiger partial charge in [-0.3, -0.25) is 4.99 Å². The van der Waals surface area contributed by atoms with E-state index in [1.807, 2.05) is 18.2 Å². The van der Waals surface area contributed by atoms with Crippen LogP contribution in [0.15, 0.2) is 29.4 Å². The standard InChI is InChI=1S/C16H27N5O/c1-2-17-16(21-13-14-7-5-12-22-14)20-11-6-10-19-15-8-3-4-9-18-15/h3-4,8-9,14H,2,5-7,10-13H2,1H3,(H,18,19)(H2,17,20,21). The molecule has 122 valence electrons. The van der Waals surface area contributed by atoms with E-state index < -0.39 is 0 Å². The van der Waals surface area contributed by atoms with E-state index in [1.165, 1.54) is 0 Å². The number of rotatable bonds is 8. The summed E-state index contributed by atoms with van der Waals surface area (Å²) in [6.45, 7) is 6.31. The second-order valence-electron chi connectivity index (χ2n) is 5.28. The van der Waals surface area contributed by atoms with Gasteiger partial charge in [0.25, 0.3) is 0 Å². The predicted molar refractivity (Wildman–Crippen MR) is 90.3 cm³/mol. The summed E-state index contributed by atoms with van der Waals surface area (Å²) in [5.74, 6) is 1.79. The van der Waals surface area contributed by atoms with Crippen LogP contribution in [-0.4, -0.2) is 49.8 Å². The summed E-state index contributed by atoms with van der Waals surface area (Å²) in [7, 11) is 0. The van der Waals surface area contributed by atoms with Crippen LogP contribution < -0.4 is 16.0 Å². The van der Waals surface area contributed by atoms with Crippen molar-refractivity contribution >= 4 is 11.8 Å². The van der Waals surface area contributed by atoms with Gasteiger partial charge in [-0.2, -0.15) is 0 Å². The molecule has 0 spiro atoms. The lowest BCUT2D eigenvalue weighted by Gasteiger charge is -2.13. The number of aromatic nitrogens is 1. The number of pyridine rings is 1. The summed E-state index contributed by atoms with van der Waals surface area (Å²) in [5, 5.41) is 9.92. The number of hydrogen-bond acceptors (Lipinski definition) is 4. The molecule has 2 rings (SSSR count). The Morgan fingerprint density at radius 3 is 3.05 bits per heavy atom. The Balaban J connectivity index is 1.62. The molecule has 0 aromatic carbocycles. The van der Waals surface area contributed by atoms with Gasteiger partial charge >= 0.3 is 0 Å². The Hall–Kier alpha value is -1.82. The maximum atomic E-state index is 5.59. The lowest BCUT2D eigenvalue weighted by Crippen LogP contribution is -2.38. The minimum atomic E-state index is 0.293. The topological polar surface area (TPSA) is 70.6 Å². The number of anilines is 1. The van der Waals surface area contributed by atoms with Crippen molar-refractivity contribution in [2.24, 2.45) is 4.99 Å². The first kappa shape index (κ1) is 16.5. The fourth-order valence-corrected chi connectivity index (χ4v) is 2.30. The first-order valence-electron chi connectivity index (χ1n) is 8.17. The number of aliphatic imine (C=N–C) groups is 1. The van der Waals surface area contributed by atoms with Gasteiger partial charge in [-0.25, -0.2) is 4.98 Å². The number of nitrogens with zero attached hydrogens (tertiary/aromatic N) is 2. The average molecular weight is 305 g/mol. The number of ether oxygens (including phenoxy) is 1. The van der Waals surface area contributed by atoms with Crippen molar-refractivity contribution in [1.82, 2.24) is 15.6 Å². The third-order valence-electron chi connectivity index (χ3n) is 3.44. The monoisotopic (exact) mass is 305 g/mol. The van der Waals surface area contributed by atoms with Gasteiger partial charge in [0, 0.05) is 32.4 Å². The molecule has 0 amide bonds. The van der Waals surface area contributed by atoms with Crippen LogP contribution in [-0.2, 0) is 4.74 Å². The van der Waals surface area contributed by atoms with Crippen LogP contribution in [0.5, 0.6) is 0 Å². The Morgan fingerprint density at radius 1 is 1.36 bits per heavy atom. The lowest BCUT2D eigenvalue weighted by atomic mass is 10.2. The number of guanidine groups is 1. The van der Waals surface area contributed by atoms with Gasteiger partial charge in [0.2, 0.25) is 0 Å². The van der Waals surface area contributed by atoms with E-state index in [1.54, 1.807) is 6.20 Å². The third-order valence-corrected chi connectivity index (χ3v) is 3.44. The average Bonchev–Trinajstić information content (AvgIpc) is 3.06. The Morgan fingerprint density at radius 2 is 2.32 bits per heavy atom. The van der Waals surface area contributed by atoms with E-state index >= 15 is 0 Å². The smallest absolute Gasteiger partial charge is 0.191 e. The van der Waals surface area contributed by atoms with Crippen LogP contribution >= 0.6 is 0 Å². The van der Waals surface area contributed by atoms with Crippen LogP contribution in [0.1, 0.15) is 26.2 Å². The quantitative estimate of drug-likeness (QED) is 0.387. The minimum Gasteiger partial charge on any atom is -0.376 e. The lowest BCUT2D eigenvalue weighted by molar-refractivity contribution is 0.117. The Kier molecular flexibility index (Phi) is 7.52. The normalized spacial score (nSPS) is 18.2. The Labute approximate surface area is 132 Å². The highest BCUT2D eigenvalue weighted by molar-refractivity contribution is 5.79. The first-order chi connectivity index (χ1) is 10.9. The molecule has 1 aromatic rings. The van der Waals surface area contributed by atoms with Crippen molar-refractivity contribution in [3.05, 3.63) is 24.4 Å². The molecular formula is C16H27N5O. The molecule has 1 aliphatic rings. The van der Waals surface area contributed by atoms with Gasteiger partial charge < -0.3 is 20.7 Å². The van der Waals surface area contributed by atoms with Gasteiger partial charge in [-0.1, -0.05) is 6.07 Å². The first-order valence-corrected chi connectivity index (χ1v) is 8.17. The van der Waals surface area contributed by atoms with Gasteiger partial charge in [0.05, 0.1) is 12.6 Å². The van der Waals surface area contributed by atoms with Crippen molar-refractivity contribution in [2.45, 2.75) is 32.3 Å². The second-order valence-corrected chi connectivity index (χ2v) is 5.28. The van der Waals surface area contributed by atoms with Gasteiger partial charge in [0.1, 0.15) is 5.82 Å². The SMILES string of the molecule is CCNC(=NCC1CCCO1)NCCCNc1ccccn1. The maximum Gasteiger partial charge on any atom is 0.191 e. The summed E-state index contributed by atoms with van der Waals surface area (Å²) in [4.78, 5) is 8.82. The zero-order valence-electron chi connectivity index (χ0n) is 13.3. The van der Waals surface area contributed by atoms with Crippen molar-refractivity contribution in [3.63, 3.8) is 0 Å². The molecule has 0 bridgehead atoms. The fraction of sp³-hybridized carbons (Fsp3) is 0.625. The van der Waals surface area contributed by atoms with E-state index in [2.05, 4.69) is 32.9 Å². The van der Waals surface area contributed by atoms with E-state index in [-0.39, 0.29) is 0 Å². The van der Waals surface area contributed by atoms with E-state index in [9.17, 15) is 0 Å². The van der Waals surface area contributed by atoms with E-state index in [4.69, 9.17) is 4.74 Å². The molecule has 6 nitrogen and oxygen atoms in total. The molecule has 22 heavy (non-hydrogen) atoms. The molecule has 1 aromatic heterocycles. The molecule has 3 N–H and O–H groups in total. The summed E-state index contributed by atoms with van der Waals surface area (Å²) < 4.78 is 5.59. The molecule has 0 radical (unpaired) electrons. The molecule has 6 heteroatoms. The van der Waals surface area contributed by atoms with E-state index in [0.717, 1.165) is 63.8 Å². The van der Waals surface area contributed by atoms with E-state index in [0.29, 0.717) is 6.10 Å². The summed E-state index contributed by atoms with van der Waals surface area (Å²) >= 11 is 0. The molecule has 2 heterocycles. The number of hydrogen-bond donors (Lipinski definition) is 3. The Bertz CT molecular complexity index is 431. The highest BCUT2D eigenvalue weighted by atomic mass is 16.5. The molecule has 1 aliphatic heterocycles. The molecule has 0 saturated carbocycles. The molecule has 1 unspecified atom stereocenters. The predicted octanol–water partition coefficient (Wildman–Crippen LogP) is 1.62. The van der Waals surface area contributed by atoms with Gasteiger partial charge in [-0.15, -0.1) is 0 Å². The molecule has 0 aliphatic carbocycles. The maximum absolute atomic E-state index is 5.59. The van der Waals surface area contributed by atoms with Crippen LogP contribution in [0.3, 0.4) is 0 Å². The summed E-state index contributed by atoms with van der Waals surface area (Å²) in [6, 6.07) is 5.87. The highest BCUT2D eigenvalue weighted by Gasteiger charge is 2.14. The van der Waals surface area contributed by atoms with Crippen LogP contribution in [0.25, 0.3) is 0 Å².